The summed E-state index contributed by atoms with van der Waals surface area (Å²) in [6.07, 6.45) is 36.8. The first-order valence-corrected chi connectivity index (χ1v) is 15.4. The lowest BCUT2D eigenvalue weighted by Gasteiger charge is -2.38. The summed E-state index contributed by atoms with van der Waals surface area (Å²) in [7, 11) is 0. The lowest BCUT2D eigenvalue weighted by molar-refractivity contribution is 0.139. The van der Waals surface area contributed by atoms with Crippen molar-refractivity contribution in [2.24, 2.45) is 35.5 Å². The van der Waals surface area contributed by atoms with Crippen LogP contribution in [0.5, 0.6) is 0 Å². The van der Waals surface area contributed by atoms with Crippen molar-refractivity contribution < 1.29 is 0 Å². The molecular formula is C32H58. The van der Waals surface area contributed by atoms with Crippen molar-refractivity contribution in [3.63, 3.8) is 0 Å². The summed E-state index contributed by atoms with van der Waals surface area (Å²) in [5.74, 6) is 6.44. The van der Waals surface area contributed by atoms with Gasteiger partial charge >= 0.3 is 0 Å². The van der Waals surface area contributed by atoms with Gasteiger partial charge in [-0.15, -0.1) is 6.58 Å². The second-order valence-corrected chi connectivity index (χ2v) is 12.4. The Morgan fingerprint density at radius 1 is 0.500 bits per heavy atom. The van der Waals surface area contributed by atoms with E-state index in [0.29, 0.717) is 0 Å². The number of hydrogen-bond donors (Lipinski definition) is 0. The van der Waals surface area contributed by atoms with Gasteiger partial charge in [0.1, 0.15) is 0 Å². The van der Waals surface area contributed by atoms with Gasteiger partial charge in [-0.2, -0.15) is 0 Å². The highest BCUT2D eigenvalue weighted by Gasteiger charge is 2.30. The molecule has 0 heterocycles. The molecule has 186 valence electrons. The van der Waals surface area contributed by atoms with E-state index in [2.05, 4.69) is 19.6 Å². The zero-order chi connectivity index (χ0) is 22.4. The van der Waals surface area contributed by atoms with Crippen LogP contribution < -0.4 is 0 Å². The van der Waals surface area contributed by atoms with Gasteiger partial charge in [0.25, 0.3) is 0 Å². The van der Waals surface area contributed by atoms with Crippen molar-refractivity contribution in [1.82, 2.24) is 0 Å². The second-order valence-electron chi connectivity index (χ2n) is 12.4. The Morgan fingerprint density at radius 2 is 0.875 bits per heavy atom. The summed E-state index contributed by atoms with van der Waals surface area (Å²) < 4.78 is 0. The number of unbranched alkanes of at least 4 members (excludes halogenated alkanes) is 4. The molecule has 0 radical (unpaired) electrons. The van der Waals surface area contributed by atoms with Crippen molar-refractivity contribution >= 4 is 0 Å². The smallest absolute Gasteiger partial charge is 0.0351 e. The van der Waals surface area contributed by atoms with Gasteiger partial charge in [0, 0.05) is 0 Å². The van der Waals surface area contributed by atoms with Crippen LogP contribution >= 0.6 is 0 Å². The van der Waals surface area contributed by atoms with Gasteiger partial charge in [0.2, 0.25) is 0 Å². The van der Waals surface area contributed by atoms with Crippen molar-refractivity contribution in [2.45, 2.75) is 155 Å². The molecule has 0 amide bonds. The van der Waals surface area contributed by atoms with E-state index >= 15 is 0 Å². The Labute approximate surface area is 202 Å². The standard InChI is InChI=1S/C32H58/c1-3-5-7-8-12-29-19-23-31(24-20-29)32-25-21-30(22-26-32)14-10-9-13-28-17-15-27(16-18-28)11-6-4-2/h4,27-32H,2-3,5-26H2,1H3/t27-,28-,29-,30?,31-,32?. The lowest BCUT2D eigenvalue weighted by Crippen LogP contribution is -2.26. The second kappa shape index (κ2) is 15.6. The fourth-order valence-electron chi connectivity index (χ4n) is 7.78. The number of allylic oxidation sites excluding steroid dienone is 1. The van der Waals surface area contributed by atoms with Crippen LogP contribution in [-0.2, 0) is 0 Å². The quantitative estimate of drug-likeness (QED) is 0.185. The van der Waals surface area contributed by atoms with Gasteiger partial charge in [0.05, 0.1) is 0 Å². The highest BCUT2D eigenvalue weighted by atomic mass is 14.4. The number of hydrogen-bond acceptors (Lipinski definition) is 0. The highest BCUT2D eigenvalue weighted by Crippen LogP contribution is 2.43. The third kappa shape index (κ3) is 9.54. The van der Waals surface area contributed by atoms with Crippen LogP contribution in [0, 0.1) is 35.5 Å². The van der Waals surface area contributed by atoms with E-state index in [4.69, 9.17) is 0 Å². The molecule has 3 fully saturated rings. The molecule has 0 unspecified atom stereocenters. The van der Waals surface area contributed by atoms with Gasteiger partial charge < -0.3 is 0 Å². The molecule has 0 saturated heterocycles. The molecular weight excluding hydrogens is 384 g/mol. The first kappa shape index (κ1) is 26.3. The Kier molecular flexibility index (Phi) is 12.8. The van der Waals surface area contributed by atoms with E-state index in [9.17, 15) is 0 Å². The van der Waals surface area contributed by atoms with E-state index in [-0.39, 0.29) is 0 Å². The summed E-state index contributed by atoms with van der Waals surface area (Å²) in [4.78, 5) is 0. The monoisotopic (exact) mass is 442 g/mol. The molecule has 32 heavy (non-hydrogen) atoms. The molecule has 0 atom stereocenters. The van der Waals surface area contributed by atoms with E-state index < -0.39 is 0 Å². The topological polar surface area (TPSA) is 0 Å². The van der Waals surface area contributed by atoms with E-state index in [1.165, 1.54) is 89.9 Å². The molecule has 0 aromatic rings. The van der Waals surface area contributed by atoms with Gasteiger partial charge in [-0.05, 0) is 74.0 Å². The van der Waals surface area contributed by atoms with Crippen molar-refractivity contribution in [3.05, 3.63) is 12.7 Å². The minimum absolute atomic E-state index is 1.01. The number of rotatable bonds is 14. The van der Waals surface area contributed by atoms with Crippen LogP contribution in [0.3, 0.4) is 0 Å². The molecule has 0 N–H and O–H groups in total. The lowest BCUT2D eigenvalue weighted by atomic mass is 9.68. The average molecular weight is 443 g/mol. The summed E-state index contributed by atoms with van der Waals surface area (Å²) in [6.45, 7) is 6.22. The van der Waals surface area contributed by atoms with Crippen molar-refractivity contribution in [1.29, 1.82) is 0 Å². The normalized spacial score (nSPS) is 33.8. The molecule has 0 aliphatic heterocycles. The summed E-state index contributed by atoms with van der Waals surface area (Å²) in [5.41, 5.74) is 0. The minimum atomic E-state index is 1.01. The van der Waals surface area contributed by atoms with Crippen LogP contribution in [-0.4, -0.2) is 0 Å². The summed E-state index contributed by atoms with van der Waals surface area (Å²) in [6, 6.07) is 0. The molecule has 3 aliphatic rings. The maximum absolute atomic E-state index is 3.89. The molecule has 3 rings (SSSR count). The molecule has 0 nitrogen and oxygen atoms in total. The predicted octanol–water partition coefficient (Wildman–Crippen LogP) is 10.9. The maximum Gasteiger partial charge on any atom is -0.0351 e. The zero-order valence-electron chi connectivity index (χ0n) is 22.0. The third-order valence-corrected chi connectivity index (χ3v) is 10.1. The van der Waals surface area contributed by atoms with Crippen LogP contribution in [0.15, 0.2) is 12.7 Å². The Bertz CT molecular complexity index is 454. The van der Waals surface area contributed by atoms with E-state index in [1.807, 2.05) is 0 Å². The Hall–Kier alpha value is -0.260. The first-order chi connectivity index (χ1) is 15.8. The van der Waals surface area contributed by atoms with Gasteiger partial charge in [-0.3, -0.25) is 0 Å². The van der Waals surface area contributed by atoms with Gasteiger partial charge in [-0.25, -0.2) is 0 Å². The van der Waals surface area contributed by atoms with Crippen molar-refractivity contribution in [3.8, 4) is 0 Å². The van der Waals surface area contributed by atoms with Crippen LogP contribution in [0.4, 0.5) is 0 Å². The molecule has 3 aliphatic carbocycles. The Balaban J connectivity index is 1.18. The molecule has 0 aromatic heterocycles. The minimum Gasteiger partial charge on any atom is -0.103 e. The summed E-state index contributed by atoms with van der Waals surface area (Å²) in [5, 5.41) is 0. The molecule has 0 heteroatoms. The van der Waals surface area contributed by atoms with Crippen LogP contribution in [0.25, 0.3) is 0 Å². The molecule has 3 saturated carbocycles. The van der Waals surface area contributed by atoms with Crippen molar-refractivity contribution in [2.75, 3.05) is 0 Å². The largest absolute Gasteiger partial charge is 0.103 e. The Morgan fingerprint density at radius 3 is 1.28 bits per heavy atom. The van der Waals surface area contributed by atoms with E-state index in [0.717, 1.165) is 35.5 Å². The zero-order valence-corrected chi connectivity index (χ0v) is 22.0. The first-order valence-electron chi connectivity index (χ1n) is 15.4. The molecule has 0 spiro atoms. The molecule has 0 bridgehead atoms. The SMILES string of the molecule is C=CCC[C@H]1CC[C@H](CCCCC2CCC([C@H]3CC[C@H](CCCCCC)CC3)CC2)CC1. The molecule has 0 aromatic carbocycles. The maximum atomic E-state index is 3.89. The third-order valence-electron chi connectivity index (χ3n) is 10.1. The van der Waals surface area contributed by atoms with Gasteiger partial charge in [-0.1, -0.05) is 122 Å². The average Bonchev–Trinajstić information content (AvgIpc) is 2.85. The highest BCUT2D eigenvalue weighted by molar-refractivity contribution is 4.82. The van der Waals surface area contributed by atoms with Crippen LogP contribution in [0.2, 0.25) is 0 Å². The fraction of sp³-hybridized carbons (Fsp3) is 0.938. The summed E-state index contributed by atoms with van der Waals surface area (Å²) >= 11 is 0. The fourth-order valence-corrected chi connectivity index (χ4v) is 7.78. The predicted molar refractivity (Wildman–Crippen MR) is 143 cm³/mol. The van der Waals surface area contributed by atoms with Gasteiger partial charge in [0.15, 0.2) is 0 Å². The van der Waals surface area contributed by atoms with Crippen LogP contribution in [0.1, 0.15) is 155 Å². The van der Waals surface area contributed by atoms with E-state index in [1.54, 1.807) is 57.8 Å².